The first-order valence-electron chi connectivity index (χ1n) is 10.0. The first kappa shape index (κ1) is 22.4. The van der Waals surface area contributed by atoms with Crippen molar-refractivity contribution < 1.29 is 27.1 Å². The molecule has 1 heterocycles. The zero-order chi connectivity index (χ0) is 23.8. The summed E-state index contributed by atoms with van der Waals surface area (Å²) in [4.78, 5) is 26.6. The molecule has 1 amide bonds. The number of rotatable bonds is 6. The number of methoxy groups -OCH3 is 1. The Kier molecular flexibility index (Phi) is 5.86. The molecule has 1 aliphatic rings. The highest BCUT2D eigenvalue weighted by Crippen LogP contribution is 2.35. The third-order valence-corrected chi connectivity index (χ3v) is 7.17. The van der Waals surface area contributed by atoms with Crippen LogP contribution in [-0.4, -0.2) is 38.1 Å². The highest BCUT2D eigenvalue weighted by molar-refractivity contribution is 7.89. The predicted octanol–water partition coefficient (Wildman–Crippen LogP) is 4.01. The van der Waals surface area contributed by atoms with Gasteiger partial charge in [0.25, 0.3) is 15.9 Å². The highest BCUT2D eigenvalue weighted by Gasteiger charge is 2.42. The molecule has 168 valence electrons. The molecule has 0 unspecified atom stereocenters. The van der Waals surface area contributed by atoms with E-state index in [0.29, 0.717) is 10.1 Å². The van der Waals surface area contributed by atoms with Crippen LogP contribution in [0.5, 0.6) is 5.75 Å². The Morgan fingerprint density at radius 2 is 1.61 bits per heavy atom. The molecular formula is C25H20FNO5S. The minimum Gasteiger partial charge on any atom is -0.497 e. The van der Waals surface area contributed by atoms with Crippen molar-refractivity contribution >= 4 is 27.3 Å². The minimum absolute atomic E-state index is 0.0903. The molecule has 0 atom stereocenters. The first-order chi connectivity index (χ1) is 15.7. The number of aryl methyl sites for hydroxylation is 1. The quantitative estimate of drug-likeness (QED) is 0.514. The van der Waals surface area contributed by atoms with Gasteiger partial charge < -0.3 is 4.74 Å². The fraction of sp³-hybridized carbons (Fsp3) is 0.120. The fourth-order valence-electron chi connectivity index (χ4n) is 3.62. The molecule has 1 aliphatic heterocycles. The average molecular weight is 466 g/mol. The van der Waals surface area contributed by atoms with Crippen molar-refractivity contribution in [2.24, 2.45) is 0 Å². The zero-order valence-electron chi connectivity index (χ0n) is 17.9. The van der Waals surface area contributed by atoms with Crippen LogP contribution in [0.15, 0.2) is 83.3 Å². The maximum Gasteiger partial charge on any atom is 0.269 e. The third-order valence-electron chi connectivity index (χ3n) is 5.42. The van der Waals surface area contributed by atoms with Gasteiger partial charge in [-0.2, -0.15) is 0 Å². The third kappa shape index (κ3) is 4.05. The predicted molar refractivity (Wildman–Crippen MR) is 121 cm³/mol. The van der Waals surface area contributed by atoms with E-state index in [1.54, 1.807) is 31.2 Å². The van der Waals surface area contributed by atoms with E-state index in [1.165, 1.54) is 49.6 Å². The molecule has 33 heavy (non-hydrogen) atoms. The number of hydrogen-bond acceptors (Lipinski definition) is 5. The summed E-state index contributed by atoms with van der Waals surface area (Å²) < 4.78 is 46.9. The van der Waals surface area contributed by atoms with E-state index in [0.717, 1.165) is 11.6 Å². The van der Waals surface area contributed by atoms with Gasteiger partial charge in [-0.25, -0.2) is 17.1 Å². The second-order valence-electron chi connectivity index (χ2n) is 7.52. The Morgan fingerprint density at radius 1 is 0.970 bits per heavy atom. The number of carbonyl (C=O) groups is 2. The number of Topliss-reactive ketones (excluding diaryl/α,β-unsaturated/α-hetero) is 1. The number of benzene rings is 3. The molecule has 0 aliphatic carbocycles. The number of ether oxygens (including phenoxy) is 1. The molecule has 0 saturated heterocycles. The van der Waals surface area contributed by atoms with Crippen LogP contribution in [-0.2, 0) is 14.8 Å². The lowest BCUT2D eigenvalue weighted by Gasteiger charge is -2.17. The van der Waals surface area contributed by atoms with Gasteiger partial charge in [0.2, 0.25) is 0 Å². The fourth-order valence-corrected chi connectivity index (χ4v) is 4.97. The van der Waals surface area contributed by atoms with Crippen LogP contribution in [0.4, 0.5) is 4.39 Å². The second kappa shape index (κ2) is 8.63. The smallest absolute Gasteiger partial charge is 0.269 e. The SMILES string of the molecule is COc1ccc(C(=O)C2=C(c3ccccc3F)C(=O)N(S(=O)(=O)c3ccc(C)cc3)C2)cc1. The van der Waals surface area contributed by atoms with Crippen LogP contribution in [0.1, 0.15) is 21.5 Å². The minimum atomic E-state index is -4.27. The molecular weight excluding hydrogens is 445 g/mol. The second-order valence-corrected chi connectivity index (χ2v) is 9.38. The Hall–Kier alpha value is -3.78. The summed E-state index contributed by atoms with van der Waals surface area (Å²) in [6.45, 7) is 1.31. The molecule has 0 saturated carbocycles. The molecule has 0 radical (unpaired) electrons. The molecule has 0 N–H and O–H groups in total. The summed E-state index contributed by atoms with van der Waals surface area (Å²) in [7, 11) is -2.79. The number of amides is 1. The van der Waals surface area contributed by atoms with Gasteiger partial charge in [0.1, 0.15) is 11.6 Å². The van der Waals surface area contributed by atoms with Crippen LogP contribution in [0, 0.1) is 12.7 Å². The number of hydrogen-bond donors (Lipinski definition) is 0. The van der Waals surface area contributed by atoms with E-state index < -0.39 is 34.1 Å². The molecule has 8 heteroatoms. The Morgan fingerprint density at radius 3 is 2.21 bits per heavy atom. The number of sulfonamides is 1. The van der Waals surface area contributed by atoms with Crippen molar-refractivity contribution in [1.29, 1.82) is 0 Å². The monoisotopic (exact) mass is 465 g/mol. The summed E-state index contributed by atoms with van der Waals surface area (Å²) in [5.41, 5.74) is 0.598. The van der Waals surface area contributed by atoms with Gasteiger partial charge in [-0.3, -0.25) is 9.59 Å². The number of carbonyl (C=O) groups excluding carboxylic acids is 2. The van der Waals surface area contributed by atoms with Crippen LogP contribution in [0.2, 0.25) is 0 Å². The van der Waals surface area contributed by atoms with Crippen molar-refractivity contribution in [3.63, 3.8) is 0 Å². The van der Waals surface area contributed by atoms with E-state index >= 15 is 0 Å². The molecule has 3 aromatic carbocycles. The Labute approximate surface area is 191 Å². The summed E-state index contributed by atoms with van der Waals surface area (Å²) in [6, 6.07) is 17.7. The maximum atomic E-state index is 14.7. The Balaban J connectivity index is 1.83. The van der Waals surface area contributed by atoms with E-state index in [1.807, 2.05) is 0 Å². The number of halogens is 1. The van der Waals surface area contributed by atoms with E-state index in [4.69, 9.17) is 4.74 Å². The van der Waals surface area contributed by atoms with Gasteiger partial charge in [-0.05, 0) is 49.4 Å². The van der Waals surface area contributed by atoms with Gasteiger partial charge in [0.05, 0.1) is 24.1 Å². The molecule has 6 nitrogen and oxygen atoms in total. The van der Waals surface area contributed by atoms with Crippen molar-refractivity contribution in [3.05, 3.63) is 101 Å². The van der Waals surface area contributed by atoms with Gasteiger partial charge in [0.15, 0.2) is 5.78 Å². The maximum absolute atomic E-state index is 14.7. The summed E-state index contributed by atoms with van der Waals surface area (Å²) >= 11 is 0. The van der Waals surface area contributed by atoms with E-state index in [-0.39, 0.29) is 27.2 Å². The van der Waals surface area contributed by atoms with Gasteiger partial charge in [-0.1, -0.05) is 35.9 Å². The first-order valence-corrected chi connectivity index (χ1v) is 11.5. The van der Waals surface area contributed by atoms with Crippen molar-refractivity contribution in [3.8, 4) is 5.75 Å². The molecule has 0 bridgehead atoms. The number of nitrogens with zero attached hydrogens (tertiary/aromatic N) is 1. The normalized spacial score (nSPS) is 14.0. The Bertz CT molecular complexity index is 1380. The molecule has 0 fully saturated rings. The van der Waals surface area contributed by atoms with E-state index in [9.17, 15) is 22.4 Å². The highest BCUT2D eigenvalue weighted by atomic mass is 32.2. The molecule has 0 aromatic heterocycles. The lowest BCUT2D eigenvalue weighted by Crippen LogP contribution is -2.34. The number of ketones is 1. The largest absolute Gasteiger partial charge is 0.497 e. The van der Waals surface area contributed by atoms with E-state index in [2.05, 4.69) is 0 Å². The van der Waals surface area contributed by atoms with Crippen molar-refractivity contribution in [2.75, 3.05) is 13.7 Å². The molecule has 4 rings (SSSR count). The molecule has 0 spiro atoms. The zero-order valence-corrected chi connectivity index (χ0v) is 18.7. The van der Waals surface area contributed by atoms with Crippen LogP contribution in [0.3, 0.4) is 0 Å². The molecule has 3 aromatic rings. The lowest BCUT2D eigenvalue weighted by atomic mass is 9.95. The van der Waals surface area contributed by atoms with Crippen LogP contribution in [0.25, 0.3) is 5.57 Å². The topological polar surface area (TPSA) is 80.8 Å². The summed E-state index contributed by atoms with van der Waals surface area (Å²) in [5.74, 6) is -1.71. The average Bonchev–Trinajstić information content (AvgIpc) is 3.17. The summed E-state index contributed by atoms with van der Waals surface area (Å²) in [5, 5.41) is 0. The standard InChI is InChI=1S/C25H20FNO5S/c1-16-7-13-19(14-8-16)33(30,31)27-15-21(24(28)17-9-11-18(32-2)12-10-17)23(25(27)29)20-5-3-4-6-22(20)26/h3-14H,15H2,1-2H3. The van der Waals surface area contributed by atoms with Crippen LogP contribution >= 0.6 is 0 Å². The summed E-state index contributed by atoms with van der Waals surface area (Å²) in [6.07, 6.45) is 0. The lowest BCUT2D eigenvalue weighted by molar-refractivity contribution is -0.119. The van der Waals surface area contributed by atoms with Crippen molar-refractivity contribution in [2.45, 2.75) is 11.8 Å². The van der Waals surface area contributed by atoms with Gasteiger partial charge >= 0.3 is 0 Å². The van der Waals surface area contributed by atoms with Gasteiger partial charge in [-0.15, -0.1) is 0 Å². The van der Waals surface area contributed by atoms with Crippen molar-refractivity contribution in [1.82, 2.24) is 4.31 Å². The van der Waals surface area contributed by atoms with Crippen LogP contribution < -0.4 is 4.74 Å². The van der Waals surface area contributed by atoms with Gasteiger partial charge in [0, 0.05) is 16.7 Å².